The monoisotopic (exact) mass is 387 g/mol. The Balaban J connectivity index is 1.86. The number of piperidine rings is 1. The highest BCUT2D eigenvalue weighted by molar-refractivity contribution is 6.30. The average Bonchev–Trinajstić information content (AvgIpc) is 2.50. The molecule has 1 aromatic carbocycles. The topological polar surface area (TPSA) is 61.4 Å². The summed E-state index contributed by atoms with van der Waals surface area (Å²) in [7, 11) is 0. The van der Waals surface area contributed by atoms with E-state index in [0.717, 1.165) is 6.07 Å². The fraction of sp³-hybridized carbons (Fsp3) is 0.556. The van der Waals surface area contributed by atoms with Crippen molar-refractivity contribution in [3.63, 3.8) is 0 Å². The van der Waals surface area contributed by atoms with Crippen LogP contribution in [0, 0.1) is 17.6 Å². The maximum absolute atomic E-state index is 13.7. The van der Waals surface area contributed by atoms with E-state index in [1.807, 2.05) is 25.7 Å². The Bertz CT molecular complexity index is 684. The highest BCUT2D eigenvalue weighted by atomic mass is 35.5. The Labute approximate surface area is 157 Å². The molecule has 0 atom stereocenters. The first-order valence-electron chi connectivity index (χ1n) is 8.54. The molecule has 2 N–H and O–H groups in total. The molecule has 1 fully saturated rings. The van der Waals surface area contributed by atoms with Gasteiger partial charge >= 0.3 is 0 Å². The molecular formula is C18H24ClF2N3O2. The number of benzene rings is 1. The molecule has 1 aromatic rings. The fourth-order valence-corrected chi connectivity index (χ4v) is 3.10. The van der Waals surface area contributed by atoms with E-state index in [4.69, 9.17) is 11.6 Å². The van der Waals surface area contributed by atoms with E-state index in [2.05, 4.69) is 10.6 Å². The van der Waals surface area contributed by atoms with Crippen LogP contribution in [-0.2, 0) is 9.59 Å². The summed E-state index contributed by atoms with van der Waals surface area (Å²) >= 11 is 5.70. The van der Waals surface area contributed by atoms with Gasteiger partial charge in [-0.2, -0.15) is 0 Å². The summed E-state index contributed by atoms with van der Waals surface area (Å²) < 4.78 is 27.1. The predicted octanol–water partition coefficient (Wildman–Crippen LogP) is 3.18. The van der Waals surface area contributed by atoms with Crippen molar-refractivity contribution in [3.8, 4) is 0 Å². The molecule has 1 heterocycles. The zero-order valence-electron chi connectivity index (χ0n) is 15.2. The van der Waals surface area contributed by atoms with Gasteiger partial charge in [0.25, 0.3) is 0 Å². The lowest BCUT2D eigenvalue weighted by Crippen LogP contribution is -2.48. The number of amides is 2. The molecule has 0 unspecified atom stereocenters. The van der Waals surface area contributed by atoms with Gasteiger partial charge in [-0.25, -0.2) is 8.78 Å². The summed E-state index contributed by atoms with van der Waals surface area (Å²) in [5.41, 5.74) is -0.544. The van der Waals surface area contributed by atoms with Gasteiger partial charge in [0, 0.05) is 16.5 Å². The highest BCUT2D eigenvalue weighted by Crippen LogP contribution is 2.25. The predicted molar refractivity (Wildman–Crippen MR) is 97.1 cm³/mol. The summed E-state index contributed by atoms with van der Waals surface area (Å²) in [5, 5.41) is 5.33. The number of nitrogens with one attached hydrogen (secondary N) is 2. The maximum Gasteiger partial charge on any atom is 0.234 e. The molecule has 0 aliphatic carbocycles. The lowest BCUT2D eigenvalue weighted by molar-refractivity contribution is -0.124. The Morgan fingerprint density at radius 1 is 1.23 bits per heavy atom. The normalized spacial score (nSPS) is 16.4. The zero-order chi connectivity index (χ0) is 19.5. The van der Waals surface area contributed by atoms with E-state index in [9.17, 15) is 18.4 Å². The smallest absolute Gasteiger partial charge is 0.234 e. The molecule has 0 saturated carbocycles. The largest absolute Gasteiger partial charge is 0.350 e. The SMILES string of the molecule is CC(C)(C)NC(=O)CN1CCC(C(=O)Nc2cc(Cl)cc(F)c2F)CC1. The molecular weight excluding hydrogens is 364 g/mol. The molecule has 1 saturated heterocycles. The summed E-state index contributed by atoms with van der Waals surface area (Å²) in [6, 6.07) is 2.04. The lowest BCUT2D eigenvalue weighted by atomic mass is 9.95. The number of likely N-dealkylation sites (tertiary alicyclic amines) is 1. The lowest BCUT2D eigenvalue weighted by Gasteiger charge is -2.31. The van der Waals surface area contributed by atoms with E-state index in [1.54, 1.807) is 0 Å². The molecule has 8 heteroatoms. The zero-order valence-corrected chi connectivity index (χ0v) is 15.9. The molecule has 0 aromatic heterocycles. The van der Waals surface area contributed by atoms with Crippen molar-refractivity contribution in [3.05, 3.63) is 28.8 Å². The number of halogens is 3. The highest BCUT2D eigenvalue weighted by Gasteiger charge is 2.27. The summed E-state index contributed by atoms with van der Waals surface area (Å²) in [4.78, 5) is 26.3. The third-order valence-electron chi connectivity index (χ3n) is 4.09. The minimum atomic E-state index is -1.13. The van der Waals surface area contributed by atoms with E-state index in [1.165, 1.54) is 6.07 Å². The van der Waals surface area contributed by atoms with Crippen LogP contribution in [0.1, 0.15) is 33.6 Å². The van der Waals surface area contributed by atoms with Crippen LogP contribution in [0.5, 0.6) is 0 Å². The number of rotatable bonds is 4. The fourth-order valence-electron chi connectivity index (χ4n) is 2.90. The first-order chi connectivity index (χ1) is 12.0. The van der Waals surface area contributed by atoms with Crippen LogP contribution < -0.4 is 10.6 Å². The van der Waals surface area contributed by atoms with Crippen molar-refractivity contribution in [1.29, 1.82) is 0 Å². The number of nitrogens with zero attached hydrogens (tertiary/aromatic N) is 1. The number of hydrogen-bond acceptors (Lipinski definition) is 3. The molecule has 26 heavy (non-hydrogen) atoms. The Morgan fingerprint density at radius 2 is 1.85 bits per heavy atom. The molecule has 5 nitrogen and oxygen atoms in total. The van der Waals surface area contributed by atoms with Crippen LogP contribution in [-0.4, -0.2) is 41.9 Å². The summed E-state index contributed by atoms with van der Waals surface area (Å²) in [5.74, 6) is -2.98. The quantitative estimate of drug-likeness (QED) is 0.780. The van der Waals surface area contributed by atoms with Crippen molar-refractivity contribution in [1.82, 2.24) is 10.2 Å². The molecule has 144 valence electrons. The van der Waals surface area contributed by atoms with Gasteiger partial charge in [-0.05, 0) is 58.8 Å². The van der Waals surface area contributed by atoms with Crippen molar-refractivity contribution in [2.45, 2.75) is 39.2 Å². The van der Waals surface area contributed by atoms with Gasteiger partial charge in [0.05, 0.1) is 12.2 Å². The Kier molecular flexibility index (Phi) is 6.58. The molecule has 1 aliphatic heterocycles. The van der Waals surface area contributed by atoms with Crippen molar-refractivity contribution in [2.24, 2.45) is 5.92 Å². The maximum atomic E-state index is 13.7. The van der Waals surface area contributed by atoms with Gasteiger partial charge in [0.1, 0.15) is 0 Å². The van der Waals surface area contributed by atoms with Gasteiger partial charge in [-0.3, -0.25) is 14.5 Å². The second-order valence-corrected chi connectivity index (χ2v) is 8.02. The van der Waals surface area contributed by atoms with Crippen LogP contribution in [0.15, 0.2) is 12.1 Å². The average molecular weight is 388 g/mol. The number of hydrogen-bond donors (Lipinski definition) is 2. The number of carbonyl (C=O) groups excluding carboxylic acids is 2. The Hall–Kier alpha value is -1.73. The minimum Gasteiger partial charge on any atom is -0.350 e. The van der Waals surface area contributed by atoms with Gasteiger partial charge in [-0.1, -0.05) is 11.6 Å². The van der Waals surface area contributed by atoms with Crippen LogP contribution in [0.2, 0.25) is 5.02 Å². The van der Waals surface area contributed by atoms with E-state index in [-0.39, 0.29) is 40.5 Å². The minimum absolute atomic E-state index is 0.0129. The molecule has 0 radical (unpaired) electrons. The molecule has 2 amide bonds. The van der Waals surface area contributed by atoms with Crippen molar-refractivity contribution < 1.29 is 18.4 Å². The van der Waals surface area contributed by atoms with Crippen LogP contribution in [0.25, 0.3) is 0 Å². The van der Waals surface area contributed by atoms with Gasteiger partial charge in [0.15, 0.2) is 11.6 Å². The first kappa shape index (κ1) is 20.6. The van der Waals surface area contributed by atoms with E-state index < -0.39 is 11.6 Å². The molecule has 2 rings (SSSR count). The molecule has 1 aliphatic rings. The van der Waals surface area contributed by atoms with Crippen molar-refractivity contribution >= 4 is 29.1 Å². The number of carbonyl (C=O) groups is 2. The van der Waals surface area contributed by atoms with Crippen LogP contribution in [0.4, 0.5) is 14.5 Å². The second kappa shape index (κ2) is 8.31. The van der Waals surface area contributed by atoms with Crippen molar-refractivity contribution in [2.75, 3.05) is 25.0 Å². The van der Waals surface area contributed by atoms with Gasteiger partial charge in [0.2, 0.25) is 11.8 Å². The third kappa shape index (κ3) is 5.92. The third-order valence-corrected chi connectivity index (χ3v) is 4.31. The molecule has 0 spiro atoms. The second-order valence-electron chi connectivity index (χ2n) is 7.59. The van der Waals surface area contributed by atoms with Crippen LogP contribution >= 0.6 is 11.6 Å². The van der Waals surface area contributed by atoms with E-state index in [0.29, 0.717) is 25.9 Å². The summed E-state index contributed by atoms with van der Waals surface area (Å²) in [6.45, 7) is 7.20. The van der Waals surface area contributed by atoms with Crippen LogP contribution in [0.3, 0.4) is 0 Å². The Morgan fingerprint density at radius 3 is 2.42 bits per heavy atom. The van der Waals surface area contributed by atoms with Gasteiger partial charge < -0.3 is 10.6 Å². The van der Waals surface area contributed by atoms with E-state index >= 15 is 0 Å². The standard InChI is InChI=1S/C18H24ClF2N3O2/c1-18(2,3)23-15(25)10-24-6-4-11(5-7-24)17(26)22-14-9-12(19)8-13(20)16(14)21/h8-9,11H,4-7,10H2,1-3H3,(H,22,26)(H,23,25). The molecule has 0 bridgehead atoms. The number of anilines is 1. The van der Waals surface area contributed by atoms with Gasteiger partial charge in [-0.15, -0.1) is 0 Å². The summed E-state index contributed by atoms with van der Waals surface area (Å²) in [6.07, 6.45) is 1.08. The first-order valence-corrected chi connectivity index (χ1v) is 8.92.